The summed E-state index contributed by atoms with van der Waals surface area (Å²) in [7, 11) is 0. The van der Waals surface area contributed by atoms with Crippen LogP contribution in [0.25, 0.3) is 0 Å². The van der Waals surface area contributed by atoms with Crippen molar-refractivity contribution in [3.05, 3.63) is 83.4 Å². The lowest BCUT2D eigenvalue weighted by Gasteiger charge is -2.33. The number of nitrogen functional groups attached to an aromatic ring is 1. The normalized spacial score (nSPS) is 14.5. The summed E-state index contributed by atoms with van der Waals surface area (Å²) in [6.07, 6.45) is 8.85. The maximum absolute atomic E-state index is 13.0. The van der Waals surface area contributed by atoms with E-state index in [1.165, 1.54) is 11.1 Å². The number of amides is 1. The Bertz CT molecular complexity index is 1010. The van der Waals surface area contributed by atoms with E-state index in [9.17, 15) is 4.79 Å². The molecule has 0 unspecified atom stereocenters. The number of likely N-dealkylation sites (tertiary alicyclic amines) is 1. The van der Waals surface area contributed by atoms with Crippen LogP contribution >= 0.6 is 0 Å². The number of nitrogens with two attached hydrogens (primary N) is 1. The van der Waals surface area contributed by atoms with Crippen molar-refractivity contribution in [3.63, 3.8) is 0 Å². The Labute approximate surface area is 177 Å². The highest BCUT2D eigenvalue weighted by molar-refractivity contribution is 5.94. The summed E-state index contributed by atoms with van der Waals surface area (Å²) in [5.74, 6) is 0.485. The molecule has 6 heteroatoms. The fourth-order valence-corrected chi connectivity index (χ4v) is 4.05. The lowest BCUT2D eigenvalue weighted by Crippen LogP contribution is -2.38. The fourth-order valence-electron chi connectivity index (χ4n) is 4.05. The van der Waals surface area contributed by atoms with E-state index >= 15 is 0 Å². The first-order valence-electron chi connectivity index (χ1n) is 10.3. The molecule has 3 aromatic rings. The Balaban J connectivity index is 1.38. The largest absolute Gasteiger partial charge is 0.399 e. The number of nitrogens with one attached hydrogen (secondary N) is 1. The molecule has 0 spiro atoms. The van der Waals surface area contributed by atoms with Crippen LogP contribution in [0.3, 0.4) is 0 Å². The Morgan fingerprint density at radius 2 is 1.97 bits per heavy atom. The van der Waals surface area contributed by atoms with E-state index in [0.29, 0.717) is 18.0 Å². The standard InChI is InChI=1S/C24H27N5O/c1-17-22(5-2-6-23(17)25)19-7-10-29(11-8-19)24(30)20-12-21(16-27-15-20)28-14-18-4-3-9-26-13-18/h2-6,9,12-13,15-16,19,28H,7-8,10-11,14,25H2,1H3. The van der Waals surface area contributed by atoms with E-state index in [1.54, 1.807) is 18.6 Å². The Morgan fingerprint density at radius 1 is 1.13 bits per heavy atom. The number of rotatable bonds is 5. The highest BCUT2D eigenvalue weighted by Crippen LogP contribution is 2.32. The summed E-state index contributed by atoms with van der Waals surface area (Å²) in [4.78, 5) is 23.3. The molecule has 154 valence electrons. The molecule has 0 aliphatic carbocycles. The number of carbonyl (C=O) groups excluding carboxylic acids is 1. The molecule has 30 heavy (non-hydrogen) atoms. The van der Waals surface area contributed by atoms with E-state index < -0.39 is 0 Å². The highest BCUT2D eigenvalue weighted by atomic mass is 16.2. The molecule has 0 saturated carbocycles. The fraction of sp³-hybridized carbons (Fsp3) is 0.292. The maximum Gasteiger partial charge on any atom is 0.255 e. The summed E-state index contributed by atoms with van der Waals surface area (Å²) >= 11 is 0. The molecule has 0 bridgehead atoms. The predicted molar refractivity (Wildman–Crippen MR) is 119 cm³/mol. The van der Waals surface area contributed by atoms with Gasteiger partial charge in [-0.25, -0.2) is 0 Å². The summed E-state index contributed by atoms with van der Waals surface area (Å²) in [6.45, 7) is 4.20. The van der Waals surface area contributed by atoms with Gasteiger partial charge in [-0.3, -0.25) is 14.8 Å². The third-order valence-corrected chi connectivity index (χ3v) is 5.84. The molecule has 6 nitrogen and oxygen atoms in total. The van der Waals surface area contributed by atoms with Gasteiger partial charge in [0.25, 0.3) is 5.91 Å². The molecule has 1 aliphatic heterocycles. The van der Waals surface area contributed by atoms with Gasteiger partial charge in [0.15, 0.2) is 0 Å². The smallest absolute Gasteiger partial charge is 0.255 e. The van der Waals surface area contributed by atoms with Crippen molar-refractivity contribution in [1.82, 2.24) is 14.9 Å². The Morgan fingerprint density at radius 3 is 2.73 bits per heavy atom. The first kappa shape index (κ1) is 19.9. The SMILES string of the molecule is Cc1c(N)cccc1C1CCN(C(=O)c2cncc(NCc3cccnc3)c2)CC1. The van der Waals surface area contributed by atoms with Gasteiger partial charge in [-0.2, -0.15) is 0 Å². The van der Waals surface area contributed by atoms with Crippen molar-refractivity contribution >= 4 is 17.3 Å². The topological polar surface area (TPSA) is 84.1 Å². The van der Waals surface area contributed by atoms with Crippen molar-refractivity contribution in [2.45, 2.75) is 32.2 Å². The van der Waals surface area contributed by atoms with Crippen molar-refractivity contribution in [2.75, 3.05) is 24.1 Å². The van der Waals surface area contributed by atoms with Crippen LogP contribution in [0.1, 0.15) is 45.8 Å². The van der Waals surface area contributed by atoms with Gasteiger partial charge in [0.2, 0.25) is 0 Å². The monoisotopic (exact) mass is 401 g/mol. The zero-order valence-corrected chi connectivity index (χ0v) is 17.2. The van der Waals surface area contributed by atoms with E-state index in [-0.39, 0.29) is 5.91 Å². The van der Waals surface area contributed by atoms with E-state index in [2.05, 4.69) is 28.3 Å². The van der Waals surface area contributed by atoms with Crippen molar-refractivity contribution in [2.24, 2.45) is 0 Å². The van der Waals surface area contributed by atoms with Crippen LogP contribution in [0.2, 0.25) is 0 Å². The third kappa shape index (κ3) is 4.43. The van der Waals surface area contributed by atoms with Gasteiger partial charge >= 0.3 is 0 Å². The molecule has 1 amide bonds. The number of aromatic nitrogens is 2. The molecule has 1 aromatic carbocycles. The number of carbonyl (C=O) groups is 1. The van der Waals surface area contributed by atoms with Crippen LogP contribution in [0.4, 0.5) is 11.4 Å². The molecule has 0 radical (unpaired) electrons. The summed E-state index contributed by atoms with van der Waals surface area (Å²) in [5.41, 5.74) is 11.9. The lowest BCUT2D eigenvalue weighted by molar-refractivity contribution is 0.0712. The number of nitrogens with zero attached hydrogens (tertiary/aromatic N) is 3. The number of hydrogen-bond donors (Lipinski definition) is 2. The van der Waals surface area contributed by atoms with E-state index in [1.807, 2.05) is 41.4 Å². The molecule has 1 saturated heterocycles. The number of piperidine rings is 1. The van der Waals surface area contributed by atoms with Crippen LogP contribution in [0.5, 0.6) is 0 Å². The molecular weight excluding hydrogens is 374 g/mol. The van der Waals surface area contributed by atoms with Crippen molar-refractivity contribution in [3.8, 4) is 0 Å². The highest BCUT2D eigenvalue weighted by Gasteiger charge is 2.26. The first-order chi connectivity index (χ1) is 14.6. The molecule has 4 rings (SSSR count). The van der Waals surface area contributed by atoms with Crippen LogP contribution in [-0.4, -0.2) is 33.9 Å². The molecule has 0 atom stereocenters. The quantitative estimate of drug-likeness (QED) is 0.631. The molecule has 2 aromatic heterocycles. The van der Waals surface area contributed by atoms with Gasteiger partial charge in [0.05, 0.1) is 11.3 Å². The number of benzene rings is 1. The molecule has 1 fully saturated rings. The van der Waals surface area contributed by atoms with E-state index in [4.69, 9.17) is 5.73 Å². The van der Waals surface area contributed by atoms with Crippen LogP contribution in [0.15, 0.2) is 61.2 Å². The second-order valence-electron chi connectivity index (χ2n) is 7.81. The zero-order valence-electron chi connectivity index (χ0n) is 17.2. The number of pyridine rings is 2. The first-order valence-corrected chi connectivity index (χ1v) is 10.3. The maximum atomic E-state index is 13.0. The van der Waals surface area contributed by atoms with E-state index in [0.717, 1.165) is 42.9 Å². The Kier molecular flexibility index (Phi) is 5.93. The molecular formula is C24H27N5O. The second-order valence-corrected chi connectivity index (χ2v) is 7.81. The van der Waals surface area contributed by atoms with Gasteiger partial charge in [0, 0.05) is 50.1 Å². The van der Waals surface area contributed by atoms with Gasteiger partial charge in [0.1, 0.15) is 0 Å². The zero-order chi connectivity index (χ0) is 20.9. The number of anilines is 2. The minimum atomic E-state index is 0.0373. The Hall–Kier alpha value is -3.41. The van der Waals surface area contributed by atoms with Crippen LogP contribution in [-0.2, 0) is 6.54 Å². The van der Waals surface area contributed by atoms with Crippen LogP contribution < -0.4 is 11.1 Å². The molecule has 3 heterocycles. The lowest BCUT2D eigenvalue weighted by atomic mass is 9.86. The predicted octanol–water partition coefficient (Wildman–Crippen LogP) is 4.00. The van der Waals surface area contributed by atoms with Gasteiger partial charge in [-0.15, -0.1) is 0 Å². The minimum absolute atomic E-state index is 0.0373. The summed E-state index contributed by atoms with van der Waals surface area (Å²) in [5, 5.41) is 3.31. The number of hydrogen-bond acceptors (Lipinski definition) is 5. The molecule has 3 N–H and O–H groups in total. The van der Waals surface area contributed by atoms with Gasteiger partial charge in [-0.05, 0) is 60.6 Å². The minimum Gasteiger partial charge on any atom is -0.399 e. The van der Waals surface area contributed by atoms with Crippen molar-refractivity contribution in [1.29, 1.82) is 0 Å². The molecule has 1 aliphatic rings. The summed E-state index contributed by atoms with van der Waals surface area (Å²) in [6, 6.07) is 11.9. The van der Waals surface area contributed by atoms with Crippen LogP contribution in [0, 0.1) is 6.92 Å². The van der Waals surface area contributed by atoms with Crippen molar-refractivity contribution < 1.29 is 4.79 Å². The average Bonchev–Trinajstić information content (AvgIpc) is 2.80. The third-order valence-electron chi connectivity index (χ3n) is 5.84. The summed E-state index contributed by atoms with van der Waals surface area (Å²) < 4.78 is 0. The van der Waals surface area contributed by atoms with Gasteiger partial charge in [-0.1, -0.05) is 18.2 Å². The second kappa shape index (κ2) is 8.95. The average molecular weight is 402 g/mol. The van der Waals surface area contributed by atoms with Gasteiger partial charge < -0.3 is 16.0 Å².